The largest absolute Gasteiger partial charge is 0.477 e. The number of nitrogens with two attached hydrogens (primary N) is 1. The first-order chi connectivity index (χ1) is 18.4. The first-order valence-corrected chi connectivity index (χ1v) is 13.9. The monoisotopic (exact) mass is 572 g/mol. The van der Waals surface area contributed by atoms with Gasteiger partial charge in [0.2, 0.25) is 0 Å². The van der Waals surface area contributed by atoms with Crippen LogP contribution in [-0.4, -0.2) is 83.3 Å². The number of nitrogens with zero attached hydrogens (tertiary/aromatic N) is 6. The van der Waals surface area contributed by atoms with Crippen molar-refractivity contribution in [2.24, 2.45) is 5.16 Å². The van der Waals surface area contributed by atoms with Crippen LogP contribution in [0, 0.1) is 0 Å². The van der Waals surface area contributed by atoms with Gasteiger partial charge in [0.25, 0.3) is 11.8 Å². The second kappa shape index (κ2) is 10.8. The lowest BCUT2D eigenvalue weighted by Crippen LogP contribution is -2.71. The maximum absolute atomic E-state index is 13.0. The molecule has 2 amide bonds. The molecule has 4 N–H and O–H groups in total. The molecule has 0 bridgehead atoms. The van der Waals surface area contributed by atoms with E-state index in [1.807, 2.05) is 30.3 Å². The van der Waals surface area contributed by atoms with Crippen molar-refractivity contribution < 1.29 is 24.3 Å². The molecule has 2 aliphatic rings. The molecular weight excluding hydrogens is 552 g/mol. The van der Waals surface area contributed by atoms with E-state index in [1.165, 1.54) is 35.5 Å². The van der Waals surface area contributed by atoms with E-state index < -0.39 is 29.2 Å². The van der Waals surface area contributed by atoms with Gasteiger partial charge in [-0.2, -0.15) is 0 Å². The SMILES string of the molecule is CO/N=C(\C(=O)N[C@@H]1C(=O)N2C(C(=O)O)=C(CSc3nncn3-c3ccccc3)CS[C@H]12)c1csc(N)n1. The van der Waals surface area contributed by atoms with Gasteiger partial charge in [-0.05, 0) is 17.7 Å². The van der Waals surface area contributed by atoms with E-state index in [9.17, 15) is 19.5 Å². The summed E-state index contributed by atoms with van der Waals surface area (Å²) in [5.41, 5.74) is 7.09. The fourth-order valence-electron chi connectivity index (χ4n) is 3.94. The quantitative estimate of drug-likeness (QED) is 0.145. The van der Waals surface area contributed by atoms with Crippen molar-refractivity contribution in [1.82, 2.24) is 30.0 Å². The van der Waals surface area contributed by atoms with Crippen molar-refractivity contribution in [2.45, 2.75) is 16.6 Å². The number of anilines is 1. The second-order valence-electron chi connectivity index (χ2n) is 7.92. The van der Waals surface area contributed by atoms with Crippen LogP contribution < -0.4 is 11.1 Å². The molecule has 0 aliphatic carbocycles. The summed E-state index contributed by atoms with van der Waals surface area (Å²) in [6, 6.07) is 8.59. The highest BCUT2D eigenvalue weighted by atomic mass is 32.2. The Kier molecular flexibility index (Phi) is 7.35. The normalized spacial score (nSPS) is 19.1. The zero-order valence-corrected chi connectivity index (χ0v) is 22.1. The number of nitrogen functional groups attached to an aromatic ring is 1. The van der Waals surface area contributed by atoms with E-state index in [0.717, 1.165) is 17.0 Å². The number of thioether (sulfide) groups is 2. The molecule has 4 heterocycles. The van der Waals surface area contributed by atoms with Crippen LogP contribution in [0.4, 0.5) is 5.13 Å². The predicted octanol–water partition coefficient (Wildman–Crippen LogP) is 1.19. The van der Waals surface area contributed by atoms with Crippen molar-refractivity contribution in [3.05, 3.63) is 59.0 Å². The Morgan fingerprint density at radius 2 is 2.13 bits per heavy atom. The first kappa shape index (κ1) is 25.7. The molecule has 13 nitrogen and oxygen atoms in total. The van der Waals surface area contributed by atoms with Gasteiger partial charge in [-0.3, -0.25) is 19.1 Å². The van der Waals surface area contributed by atoms with Gasteiger partial charge >= 0.3 is 5.97 Å². The summed E-state index contributed by atoms with van der Waals surface area (Å²) >= 11 is 3.82. The summed E-state index contributed by atoms with van der Waals surface area (Å²) in [5, 5.41) is 26.3. The van der Waals surface area contributed by atoms with Crippen LogP contribution >= 0.6 is 34.9 Å². The number of aromatic nitrogens is 4. The number of oxime groups is 1. The minimum atomic E-state index is -1.21. The number of fused-ring (bicyclic) bond motifs is 1. The molecule has 5 rings (SSSR count). The molecule has 0 unspecified atom stereocenters. The summed E-state index contributed by atoms with van der Waals surface area (Å²) in [7, 11) is 1.28. The van der Waals surface area contributed by atoms with Gasteiger partial charge in [0, 0.05) is 22.6 Å². The molecule has 16 heteroatoms. The minimum absolute atomic E-state index is 0.0828. The molecule has 1 fully saturated rings. The first-order valence-electron chi connectivity index (χ1n) is 11.0. The molecule has 2 aromatic heterocycles. The highest BCUT2D eigenvalue weighted by molar-refractivity contribution is 8.01. The van der Waals surface area contributed by atoms with Crippen LogP contribution in [0.25, 0.3) is 5.69 Å². The number of amides is 2. The topological polar surface area (TPSA) is 178 Å². The molecule has 0 radical (unpaired) electrons. The summed E-state index contributed by atoms with van der Waals surface area (Å²) in [6.45, 7) is 0. The van der Waals surface area contributed by atoms with Crippen LogP contribution in [0.15, 0.2) is 63.6 Å². The van der Waals surface area contributed by atoms with Crippen molar-refractivity contribution in [3.8, 4) is 5.69 Å². The van der Waals surface area contributed by atoms with Crippen LogP contribution in [-0.2, 0) is 19.2 Å². The Hall–Kier alpha value is -3.89. The third-order valence-electron chi connectivity index (χ3n) is 5.62. The molecular formula is C22H20N8O5S3. The number of hydrogen-bond donors (Lipinski definition) is 3. The van der Waals surface area contributed by atoms with E-state index in [4.69, 9.17) is 10.6 Å². The summed E-state index contributed by atoms with van der Waals surface area (Å²) in [6.07, 6.45) is 1.59. The van der Waals surface area contributed by atoms with Crippen molar-refractivity contribution in [3.63, 3.8) is 0 Å². The van der Waals surface area contributed by atoms with Gasteiger partial charge in [0.05, 0.1) is 0 Å². The van der Waals surface area contributed by atoms with Gasteiger partial charge in [0.15, 0.2) is 16.0 Å². The average molecular weight is 573 g/mol. The number of β-lactam (4-membered cyclic amide) rings is 1. The number of nitrogens with one attached hydrogen (secondary N) is 1. The maximum Gasteiger partial charge on any atom is 0.352 e. The molecule has 196 valence electrons. The van der Waals surface area contributed by atoms with Gasteiger partial charge in [-0.1, -0.05) is 35.1 Å². The van der Waals surface area contributed by atoms with Crippen LogP contribution in [0.3, 0.4) is 0 Å². The summed E-state index contributed by atoms with van der Waals surface area (Å²) < 4.78 is 1.81. The van der Waals surface area contributed by atoms with Crippen molar-refractivity contribution in [2.75, 3.05) is 24.3 Å². The zero-order valence-electron chi connectivity index (χ0n) is 19.7. The number of para-hydroxylation sites is 1. The predicted molar refractivity (Wildman–Crippen MR) is 142 cm³/mol. The maximum atomic E-state index is 13.0. The fraction of sp³-hybridized carbons (Fsp3) is 0.227. The Morgan fingerprint density at radius 3 is 2.82 bits per heavy atom. The highest BCUT2D eigenvalue weighted by Crippen LogP contribution is 2.41. The molecule has 2 atom stereocenters. The van der Waals surface area contributed by atoms with E-state index in [0.29, 0.717) is 22.2 Å². The third-order valence-corrected chi connectivity index (χ3v) is 8.67. The molecule has 1 aromatic carbocycles. The minimum Gasteiger partial charge on any atom is -0.477 e. The number of carbonyl (C=O) groups excluding carboxylic acids is 2. The molecule has 0 saturated carbocycles. The Balaban J connectivity index is 1.31. The molecule has 3 aromatic rings. The van der Waals surface area contributed by atoms with Crippen LogP contribution in [0.1, 0.15) is 5.69 Å². The second-order valence-corrected chi connectivity index (χ2v) is 10.9. The van der Waals surface area contributed by atoms with Gasteiger partial charge in [0.1, 0.15) is 36.2 Å². The Bertz CT molecular complexity index is 1450. The van der Waals surface area contributed by atoms with Gasteiger partial charge in [-0.25, -0.2) is 9.78 Å². The molecule has 0 spiro atoms. The van der Waals surface area contributed by atoms with E-state index in [-0.39, 0.29) is 22.2 Å². The Morgan fingerprint density at radius 1 is 1.34 bits per heavy atom. The smallest absolute Gasteiger partial charge is 0.352 e. The number of rotatable bonds is 9. The van der Waals surface area contributed by atoms with E-state index in [2.05, 4.69) is 25.7 Å². The molecule has 1 saturated heterocycles. The zero-order chi connectivity index (χ0) is 26.8. The van der Waals surface area contributed by atoms with Crippen LogP contribution in [0.2, 0.25) is 0 Å². The summed E-state index contributed by atoms with van der Waals surface area (Å²) in [4.78, 5) is 48.2. The van der Waals surface area contributed by atoms with E-state index >= 15 is 0 Å². The Labute approximate surface area is 228 Å². The van der Waals surface area contributed by atoms with Gasteiger partial charge < -0.3 is 21.0 Å². The molecule has 38 heavy (non-hydrogen) atoms. The third kappa shape index (κ3) is 4.84. The number of hydrogen-bond acceptors (Lipinski definition) is 12. The number of aliphatic carboxylic acids is 1. The van der Waals surface area contributed by atoms with Crippen molar-refractivity contribution in [1.29, 1.82) is 0 Å². The van der Waals surface area contributed by atoms with Crippen LogP contribution in [0.5, 0.6) is 0 Å². The highest BCUT2D eigenvalue weighted by Gasteiger charge is 2.54. The number of carboxylic acids is 1. The number of thiazole rings is 1. The number of carboxylic acid groups (broad SMARTS) is 1. The van der Waals surface area contributed by atoms with Gasteiger partial charge in [-0.15, -0.1) is 33.3 Å². The van der Waals surface area contributed by atoms with Crippen molar-refractivity contribution >= 4 is 63.5 Å². The molecule has 2 aliphatic heterocycles. The fourth-order valence-corrected chi connectivity index (χ4v) is 6.90. The summed E-state index contributed by atoms with van der Waals surface area (Å²) in [5.74, 6) is -1.77. The van der Waals surface area contributed by atoms with E-state index in [1.54, 1.807) is 16.3 Å². The standard InChI is InChI=1S/C22H20N8O5S3/c1-35-28-14(13-9-37-21(23)25-13)17(31)26-15-18(32)30-16(20(33)34)11(7-36-19(15)30)8-38-22-27-24-10-29(22)12-5-3-2-4-6-12/h2-6,9-10,15,19H,7-8H2,1H3,(H2,23,25)(H,26,31)(H,33,34)/b28-14-/t15-,19-/m1/s1. The number of benzene rings is 1. The lowest BCUT2D eigenvalue weighted by Gasteiger charge is -2.49. The average Bonchev–Trinajstić information content (AvgIpc) is 3.57. The lowest BCUT2D eigenvalue weighted by molar-refractivity contribution is -0.150. The lowest BCUT2D eigenvalue weighted by atomic mass is 10.0. The number of carbonyl (C=O) groups is 3.